The van der Waals surface area contributed by atoms with Crippen molar-refractivity contribution in [3.63, 3.8) is 0 Å². The van der Waals surface area contributed by atoms with Crippen LogP contribution in [-0.2, 0) is 9.47 Å². The van der Waals surface area contributed by atoms with Crippen LogP contribution in [0.2, 0.25) is 0 Å². The normalized spacial score (nSPS) is 24.4. The van der Waals surface area contributed by atoms with Gasteiger partial charge in [-0.15, -0.1) is 0 Å². The summed E-state index contributed by atoms with van der Waals surface area (Å²) in [6.07, 6.45) is 4.98. The Kier molecular flexibility index (Phi) is 5.03. The maximum absolute atomic E-state index is 5.70. The second-order valence-electron chi connectivity index (χ2n) is 4.95. The summed E-state index contributed by atoms with van der Waals surface area (Å²) in [5, 5.41) is 3.36. The van der Waals surface area contributed by atoms with E-state index in [9.17, 15) is 0 Å². The van der Waals surface area contributed by atoms with E-state index in [1.54, 1.807) is 7.11 Å². The van der Waals surface area contributed by atoms with Crippen molar-refractivity contribution in [2.75, 3.05) is 20.8 Å². The molecule has 1 heterocycles. The van der Waals surface area contributed by atoms with Gasteiger partial charge in [-0.25, -0.2) is 0 Å². The van der Waals surface area contributed by atoms with Crippen molar-refractivity contribution in [1.82, 2.24) is 5.32 Å². The van der Waals surface area contributed by atoms with Gasteiger partial charge in [-0.05, 0) is 46.6 Å². The fraction of sp³-hybridized carbons (Fsp3) is 1.00. The van der Waals surface area contributed by atoms with Gasteiger partial charge in [0.25, 0.3) is 0 Å². The molecule has 0 spiro atoms. The zero-order valence-electron chi connectivity index (χ0n) is 10.5. The molecule has 3 heteroatoms. The molecule has 2 atom stereocenters. The van der Waals surface area contributed by atoms with E-state index < -0.39 is 0 Å². The van der Waals surface area contributed by atoms with E-state index in [0.29, 0.717) is 12.1 Å². The molecule has 0 bridgehead atoms. The number of methoxy groups -OCH3 is 1. The van der Waals surface area contributed by atoms with Crippen molar-refractivity contribution in [2.45, 2.75) is 57.3 Å². The lowest BCUT2D eigenvalue weighted by Gasteiger charge is -2.28. The van der Waals surface area contributed by atoms with Crippen molar-refractivity contribution in [1.29, 1.82) is 0 Å². The van der Waals surface area contributed by atoms with E-state index in [1.807, 2.05) is 7.05 Å². The van der Waals surface area contributed by atoms with Crippen molar-refractivity contribution in [2.24, 2.45) is 0 Å². The lowest BCUT2D eigenvalue weighted by Crippen LogP contribution is -2.39. The van der Waals surface area contributed by atoms with Gasteiger partial charge in [0.15, 0.2) is 0 Å². The van der Waals surface area contributed by atoms with E-state index in [4.69, 9.17) is 9.47 Å². The molecular weight excluding hydrogens is 190 g/mol. The Labute approximate surface area is 93.5 Å². The fourth-order valence-electron chi connectivity index (χ4n) is 2.04. The summed E-state index contributed by atoms with van der Waals surface area (Å²) in [5.41, 5.74) is -0.0201. The Hall–Kier alpha value is -0.120. The second-order valence-corrected chi connectivity index (χ2v) is 4.95. The van der Waals surface area contributed by atoms with Gasteiger partial charge in [-0.2, -0.15) is 0 Å². The molecule has 0 aromatic carbocycles. The van der Waals surface area contributed by atoms with Gasteiger partial charge in [0.1, 0.15) is 0 Å². The summed E-state index contributed by atoms with van der Waals surface area (Å²) in [5.74, 6) is 0. The molecule has 1 fully saturated rings. The first kappa shape index (κ1) is 12.9. The molecule has 1 saturated heterocycles. The highest BCUT2D eigenvalue weighted by Gasteiger charge is 2.27. The van der Waals surface area contributed by atoms with Gasteiger partial charge >= 0.3 is 0 Å². The van der Waals surface area contributed by atoms with Crippen LogP contribution in [0.3, 0.4) is 0 Å². The molecule has 1 rings (SSSR count). The average molecular weight is 215 g/mol. The van der Waals surface area contributed by atoms with Gasteiger partial charge in [0.05, 0.1) is 11.7 Å². The second kappa shape index (κ2) is 5.83. The predicted octanol–water partition coefficient (Wildman–Crippen LogP) is 1.96. The molecule has 0 radical (unpaired) electrons. The third-order valence-corrected chi connectivity index (χ3v) is 3.39. The van der Waals surface area contributed by atoms with Crippen LogP contribution < -0.4 is 5.32 Å². The average Bonchev–Trinajstić information content (AvgIpc) is 2.72. The topological polar surface area (TPSA) is 30.5 Å². The van der Waals surface area contributed by atoms with Crippen molar-refractivity contribution in [3.05, 3.63) is 0 Å². The van der Waals surface area contributed by atoms with Crippen LogP contribution in [0.4, 0.5) is 0 Å². The van der Waals surface area contributed by atoms with Crippen molar-refractivity contribution >= 4 is 0 Å². The van der Waals surface area contributed by atoms with E-state index in [1.165, 1.54) is 12.8 Å². The molecule has 0 amide bonds. The zero-order valence-corrected chi connectivity index (χ0v) is 10.5. The third-order valence-electron chi connectivity index (χ3n) is 3.39. The highest BCUT2D eigenvalue weighted by molar-refractivity contribution is 4.82. The molecule has 90 valence electrons. The Morgan fingerprint density at radius 3 is 2.73 bits per heavy atom. The van der Waals surface area contributed by atoms with Gasteiger partial charge in [0, 0.05) is 19.8 Å². The fourth-order valence-corrected chi connectivity index (χ4v) is 2.04. The van der Waals surface area contributed by atoms with Crippen LogP contribution >= 0.6 is 0 Å². The monoisotopic (exact) mass is 215 g/mol. The summed E-state index contributed by atoms with van der Waals surface area (Å²) in [7, 11) is 3.80. The third kappa shape index (κ3) is 4.09. The first-order valence-corrected chi connectivity index (χ1v) is 5.93. The summed E-state index contributed by atoms with van der Waals surface area (Å²) in [6, 6.07) is 0.474. The highest BCUT2D eigenvalue weighted by Crippen LogP contribution is 2.22. The van der Waals surface area contributed by atoms with Crippen molar-refractivity contribution < 1.29 is 9.47 Å². The Bertz CT molecular complexity index is 176. The largest absolute Gasteiger partial charge is 0.379 e. The summed E-state index contributed by atoms with van der Waals surface area (Å²) >= 11 is 0. The van der Waals surface area contributed by atoms with Gasteiger partial charge < -0.3 is 14.8 Å². The number of ether oxygens (including phenoxy) is 2. The molecular formula is C12H25NO2. The van der Waals surface area contributed by atoms with E-state index >= 15 is 0 Å². The number of likely N-dealkylation sites (N-methyl/N-ethyl adjacent to an activating group) is 1. The predicted molar refractivity (Wildman–Crippen MR) is 62.1 cm³/mol. The molecule has 1 aliphatic rings. The Balaban J connectivity index is 2.33. The van der Waals surface area contributed by atoms with Crippen LogP contribution in [0.5, 0.6) is 0 Å². The van der Waals surface area contributed by atoms with E-state index in [-0.39, 0.29) is 5.60 Å². The minimum atomic E-state index is -0.0201. The molecule has 15 heavy (non-hydrogen) atoms. The molecule has 2 unspecified atom stereocenters. The Morgan fingerprint density at radius 1 is 1.53 bits per heavy atom. The SMILES string of the molecule is CNC(CCC(C)(C)OC)C1CCCO1. The van der Waals surface area contributed by atoms with Crippen LogP contribution in [0.15, 0.2) is 0 Å². The van der Waals surface area contributed by atoms with Gasteiger partial charge in [-0.1, -0.05) is 0 Å². The first-order valence-electron chi connectivity index (χ1n) is 5.93. The molecule has 0 aliphatic carbocycles. The number of rotatable bonds is 6. The summed E-state index contributed by atoms with van der Waals surface area (Å²) < 4.78 is 11.1. The summed E-state index contributed by atoms with van der Waals surface area (Å²) in [6.45, 7) is 5.20. The molecule has 0 aromatic heterocycles. The van der Waals surface area contributed by atoms with E-state index in [0.717, 1.165) is 19.4 Å². The smallest absolute Gasteiger partial charge is 0.0728 e. The van der Waals surface area contributed by atoms with E-state index in [2.05, 4.69) is 19.2 Å². The first-order chi connectivity index (χ1) is 7.09. The van der Waals surface area contributed by atoms with Crippen LogP contribution in [-0.4, -0.2) is 38.5 Å². The molecule has 1 aliphatic heterocycles. The van der Waals surface area contributed by atoms with Crippen LogP contribution in [0.1, 0.15) is 39.5 Å². The highest BCUT2D eigenvalue weighted by atomic mass is 16.5. The molecule has 0 aromatic rings. The van der Waals surface area contributed by atoms with Crippen LogP contribution in [0, 0.1) is 0 Å². The standard InChI is InChI=1S/C12H25NO2/c1-12(2,14-4)8-7-10(13-3)11-6-5-9-15-11/h10-11,13H,5-9H2,1-4H3. The quantitative estimate of drug-likeness (QED) is 0.734. The zero-order chi connectivity index (χ0) is 11.3. The lowest BCUT2D eigenvalue weighted by molar-refractivity contribution is 0.00451. The van der Waals surface area contributed by atoms with Crippen LogP contribution in [0.25, 0.3) is 0 Å². The minimum Gasteiger partial charge on any atom is -0.379 e. The number of hydrogen-bond donors (Lipinski definition) is 1. The van der Waals surface area contributed by atoms with Crippen molar-refractivity contribution in [3.8, 4) is 0 Å². The van der Waals surface area contributed by atoms with Gasteiger partial charge in [0.2, 0.25) is 0 Å². The number of nitrogens with one attached hydrogen (secondary N) is 1. The maximum atomic E-state index is 5.70. The summed E-state index contributed by atoms with van der Waals surface area (Å²) in [4.78, 5) is 0. The maximum Gasteiger partial charge on any atom is 0.0728 e. The number of hydrogen-bond acceptors (Lipinski definition) is 3. The molecule has 0 saturated carbocycles. The molecule has 1 N–H and O–H groups in total. The minimum absolute atomic E-state index is 0.0201. The lowest BCUT2D eigenvalue weighted by atomic mass is 9.95. The molecule has 3 nitrogen and oxygen atoms in total. The Morgan fingerprint density at radius 2 is 2.27 bits per heavy atom. The van der Waals surface area contributed by atoms with Gasteiger partial charge in [-0.3, -0.25) is 0 Å².